The quantitative estimate of drug-likeness (QED) is 0.810. The van der Waals surface area contributed by atoms with Crippen LogP contribution in [0.1, 0.15) is 33.7 Å². The van der Waals surface area contributed by atoms with Gasteiger partial charge in [0, 0.05) is 18.7 Å². The fourth-order valence-corrected chi connectivity index (χ4v) is 1.97. The topological polar surface area (TPSA) is 70.4 Å². The smallest absolute Gasteiger partial charge is 0.239 e. The normalized spacial score (nSPS) is 12.2. The Balaban J connectivity index is 2.54. The van der Waals surface area contributed by atoms with Gasteiger partial charge in [0.1, 0.15) is 5.82 Å². The summed E-state index contributed by atoms with van der Waals surface area (Å²) in [5, 5.41) is 16.7. The molecule has 0 atom stereocenters. The van der Waals surface area contributed by atoms with Gasteiger partial charge >= 0.3 is 0 Å². The van der Waals surface area contributed by atoms with E-state index in [9.17, 15) is 9.90 Å². The highest BCUT2D eigenvalue weighted by molar-refractivity contribution is 5.91. The Morgan fingerprint density at radius 1 is 1.58 bits per heavy atom. The first-order chi connectivity index (χ1) is 8.69. The Labute approximate surface area is 114 Å². The summed E-state index contributed by atoms with van der Waals surface area (Å²) in [6.07, 6.45) is 1.66. The molecule has 1 aromatic rings. The molecule has 19 heavy (non-hydrogen) atoms. The van der Waals surface area contributed by atoms with Crippen LogP contribution >= 0.6 is 0 Å². The Morgan fingerprint density at radius 2 is 2.21 bits per heavy atom. The second kappa shape index (κ2) is 6.16. The molecule has 0 aliphatic carbocycles. The summed E-state index contributed by atoms with van der Waals surface area (Å²) in [7, 11) is 1.80. The van der Waals surface area contributed by atoms with E-state index in [1.165, 1.54) is 0 Å². The zero-order chi connectivity index (χ0) is 14.6. The van der Waals surface area contributed by atoms with E-state index in [1.54, 1.807) is 42.7 Å². The molecule has 0 radical (unpaired) electrons. The Kier molecular flexibility index (Phi) is 5.08. The largest absolute Gasteiger partial charge is 0.389 e. The third-order valence-electron chi connectivity index (χ3n) is 2.50. The Morgan fingerprint density at radius 3 is 2.74 bits per heavy atom. The molecule has 0 aliphatic heterocycles. The van der Waals surface area contributed by atoms with Crippen molar-refractivity contribution in [3.63, 3.8) is 0 Å². The highest BCUT2D eigenvalue weighted by Gasteiger charge is 2.18. The van der Waals surface area contributed by atoms with Crippen LogP contribution in [-0.2, 0) is 4.79 Å². The van der Waals surface area contributed by atoms with Crippen LogP contribution < -0.4 is 5.32 Å². The van der Waals surface area contributed by atoms with Crippen LogP contribution in [0.2, 0.25) is 0 Å². The summed E-state index contributed by atoms with van der Waals surface area (Å²) in [5.41, 5.74) is -0.811. The van der Waals surface area contributed by atoms with E-state index in [0.717, 1.165) is 0 Å². The number of hydrogen-bond acceptors (Lipinski definition) is 4. The number of carbonyl (C=O) groups is 1. The van der Waals surface area contributed by atoms with E-state index in [4.69, 9.17) is 0 Å². The molecule has 1 aromatic heterocycles. The highest BCUT2D eigenvalue weighted by Crippen LogP contribution is 2.13. The van der Waals surface area contributed by atoms with Crippen molar-refractivity contribution in [1.82, 2.24) is 14.7 Å². The van der Waals surface area contributed by atoms with Gasteiger partial charge in [-0.3, -0.25) is 9.69 Å². The molecule has 6 nitrogen and oxygen atoms in total. The first-order valence-corrected chi connectivity index (χ1v) is 6.43. The van der Waals surface area contributed by atoms with E-state index in [1.807, 2.05) is 13.8 Å². The third-order valence-corrected chi connectivity index (χ3v) is 2.50. The van der Waals surface area contributed by atoms with Crippen molar-refractivity contribution in [3.05, 3.63) is 12.3 Å². The zero-order valence-electron chi connectivity index (χ0n) is 12.3. The van der Waals surface area contributed by atoms with Crippen molar-refractivity contribution < 1.29 is 9.90 Å². The van der Waals surface area contributed by atoms with Crippen molar-refractivity contribution in [2.45, 2.75) is 39.3 Å². The molecule has 0 aliphatic rings. The molecule has 2 N–H and O–H groups in total. The Bertz CT molecular complexity index is 421. The minimum atomic E-state index is -0.811. The lowest BCUT2D eigenvalue weighted by Crippen LogP contribution is -2.40. The maximum atomic E-state index is 11.9. The summed E-state index contributed by atoms with van der Waals surface area (Å²) >= 11 is 0. The average Bonchev–Trinajstić information content (AvgIpc) is 2.61. The van der Waals surface area contributed by atoms with Crippen molar-refractivity contribution in [2.75, 3.05) is 25.5 Å². The lowest BCUT2D eigenvalue weighted by Gasteiger charge is -2.24. The molecule has 1 amide bonds. The number of hydrogen-bond donors (Lipinski definition) is 2. The fraction of sp³-hybridized carbons (Fsp3) is 0.692. The minimum Gasteiger partial charge on any atom is -0.389 e. The average molecular weight is 268 g/mol. The lowest BCUT2D eigenvalue weighted by atomic mass is 10.1. The van der Waals surface area contributed by atoms with Crippen LogP contribution in [0.15, 0.2) is 12.3 Å². The number of nitrogens with zero attached hydrogens (tertiary/aromatic N) is 3. The molecule has 108 valence electrons. The van der Waals surface area contributed by atoms with Crippen molar-refractivity contribution in [3.8, 4) is 0 Å². The van der Waals surface area contributed by atoms with Gasteiger partial charge in [0.2, 0.25) is 5.91 Å². The molecule has 1 rings (SSSR count). The molecule has 0 saturated heterocycles. The second-order valence-electron chi connectivity index (χ2n) is 5.79. The first-order valence-electron chi connectivity index (χ1n) is 6.43. The van der Waals surface area contributed by atoms with E-state index in [2.05, 4.69) is 10.4 Å². The summed E-state index contributed by atoms with van der Waals surface area (Å²) in [6, 6.07) is 1.97. The maximum Gasteiger partial charge on any atom is 0.239 e. The van der Waals surface area contributed by atoms with Gasteiger partial charge in [0.05, 0.1) is 18.3 Å². The molecule has 0 unspecified atom stereocenters. The standard InChI is InChI=1S/C13H24N4O2/c1-10(2)17-11(6-7-14-17)15-12(18)8-16(5)9-13(3,4)19/h6-7,10,19H,8-9H2,1-5H3,(H,15,18). The number of nitrogens with one attached hydrogen (secondary N) is 1. The number of likely N-dealkylation sites (N-methyl/N-ethyl adjacent to an activating group) is 1. The predicted molar refractivity (Wildman–Crippen MR) is 75.0 cm³/mol. The number of rotatable bonds is 6. The SMILES string of the molecule is CC(C)n1nccc1NC(=O)CN(C)CC(C)(C)O. The molecule has 0 aromatic carbocycles. The predicted octanol–water partition coefficient (Wildman–Crippen LogP) is 1.11. The molecule has 0 saturated carbocycles. The van der Waals surface area contributed by atoms with Gasteiger partial charge in [-0.25, -0.2) is 4.68 Å². The van der Waals surface area contributed by atoms with Crippen molar-refractivity contribution >= 4 is 11.7 Å². The van der Waals surface area contributed by atoms with E-state index < -0.39 is 5.60 Å². The molecule has 1 heterocycles. The highest BCUT2D eigenvalue weighted by atomic mass is 16.3. The van der Waals surface area contributed by atoms with Crippen LogP contribution in [0, 0.1) is 0 Å². The molecule has 0 spiro atoms. The molecule has 0 bridgehead atoms. The molecule has 0 fully saturated rings. The van der Waals surface area contributed by atoms with E-state index >= 15 is 0 Å². The number of aromatic nitrogens is 2. The Hall–Kier alpha value is -1.40. The summed E-state index contributed by atoms with van der Waals surface area (Å²) in [6.45, 7) is 8.10. The van der Waals surface area contributed by atoms with Gasteiger partial charge in [-0.15, -0.1) is 0 Å². The maximum absolute atomic E-state index is 11.9. The summed E-state index contributed by atoms with van der Waals surface area (Å²) in [5.74, 6) is 0.575. The van der Waals surface area contributed by atoms with Gasteiger partial charge in [-0.2, -0.15) is 5.10 Å². The van der Waals surface area contributed by atoms with Gasteiger partial charge in [0.25, 0.3) is 0 Å². The van der Waals surface area contributed by atoms with Gasteiger partial charge in [0.15, 0.2) is 0 Å². The summed E-state index contributed by atoms with van der Waals surface area (Å²) < 4.78 is 1.76. The fourth-order valence-electron chi connectivity index (χ4n) is 1.97. The van der Waals surface area contributed by atoms with Gasteiger partial charge in [-0.05, 0) is 34.7 Å². The van der Waals surface area contributed by atoms with Crippen LogP contribution in [0.4, 0.5) is 5.82 Å². The molecule has 6 heteroatoms. The van der Waals surface area contributed by atoms with Crippen molar-refractivity contribution in [1.29, 1.82) is 0 Å². The summed E-state index contributed by atoms with van der Waals surface area (Å²) in [4.78, 5) is 13.7. The van der Waals surface area contributed by atoms with Gasteiger partial charge < -0.3 is 10.4 Å². The van der Waals surface area contributed by atoms with Crippen LogP contribution in [0.3, 0.4) is 0 Å². The van der Waals surface area contributed by atoms with Crippen LogP contribution in [0.25, 0.3) is 0 Å². The molecular formula is C13H24N4O2. The second-order valence-corrected chi connectivity index (χ2v) is 5.79. The number of aliphatic hydroxyl groups is 1. The number of amides is 1. The third kappa shape index (κ3) is 5.40. The van der Waals surface area contributed by atoms with E-state index in [0.29, 0.717) is 12.4 Å². The lowest BCUT2D eigenvalue weighted by molar-refractivity contribution is -0.117. The number of anilines is 1. The van der Waals surface area contributed by atoms with Gasteiger partial charge in [-0.1, -0.05) is 0 Å². The van der Waals surface area contributed by atoms with Crippen LogP contribution in [0.5, 0.6) is 0 Å². The monoisotopic (exact) mass is 268 g/mol. The molecular weight excluding hydrogens is 244 g/mol. The minimum absolute atomic E-state index is 0.117. The van der Waals surface area contributed by atoms with E-state index in [-0.39, 0.29) is 18.5 Å². The number of carbonyl (C=O) groups excluding carboxylic acids is 1. The zero-order valence-corrected chi connectivity index (χ0v) is 12.3. The first kappa shape index (κ1) is 15.7. The van der Waals surface area contributed by atoms with Crippen molar-refractivity contribution in [2.24, 2.45) is 0 Å². The van der Waals surface area contributed by atoms with Crippen LogP contribution in [-0.4, -0.2) is 51.4 Å².